The average molecular weight is 469 g/mol. The largest absolute Gasteiger partial charge is 0.573 e. The highest BCUT2D eigenvalue weighted by molar-refractivity contribution is 6.05. The van der Waals surface area contributed by atoms with Crippen molar-refractivity contribution in [2.24, 2.45) is 0 Å². The van der Waals surface area contributed by atoms with Gasteiger partial charge in [0.05, 0.1) is 12.7 Å². The van der Waals surface area contributed by atoms with Gasteiger partial charge in [-0.2, -0.15) is 5.10 Å². The zero-order valence-corrected chi connectivity index (χ0v) is 17.5. The van der Waals surface area contributed by atoms with E-state index in [0.717, 1.165) is 29.0 Å². The molecule has 1 aromatic heterocycles. The molecule has 0 saturated heterocycles. The van der Waals surface area contributed by atoms with Crippen LogP contribution < -0.4 is 20.7 Å². The van der Waals surface area contributed by atoms with Crippen molar-refractivity contribution in [2.45, 2.75) is 12.3 Å². The van der Waals surface area contributed by atoms with Crippen LogP contribution >= 0.6 is 0 Å². The fourth-order valence-corrected chi connectivity index (χ4v) is 4.18. The van der Waals surface area contributed by atoms with Crippen LogP contribution in [0.2, 0.25) is 0 Å². The van der Waals surface area contributed by atoms with E-state index < -0.39 is 18.2 Å². The molecule has 5 rings (SSSR count). The molecule has 1 amide bonds. The maximum absolute atomic E-state index is 12.9. The van der Waals surface area contributed by atoms with E-state index in [4.69, 9.17) is 0 Å². The van der Waals surface area contributed by atoms with Gasteiger partial charge in [-0.25, -0.2) is 0 Å². The molecule has 11 heteroatoms. The Bertz CT molecular complexity index is 1300. The van der Waals surface area contributed by atoms with Crippen molar-refractivity contribution in [2.75, 3.05) is 23.7 Å². The third-order valence-corrected chi connectivity index (χ3v) is 5.59. The molecule has 0 fully saturated rings. The Morgan fingerprint density at radius 2 is 1.91 bits per heavy atom. The van der Waals surface area contributed by atoms with E-state index in [1.807, 2.05) is 6.07 Å². The number of benzene rings is 2. The third-order valence-electron chi connectivity index (χ3n) is 5.59. The van der Waals surface area contributed by atoms with Gasteiger partial charge in [0.25, 0.3) is 5.91 Å². The number of aromatic amines is 1. The quantitative estimate of drug-likeness (QED) is 0.466. The van der Waals surface area contributed by atoms with Crippen molar-refractivity contribution < 1.29 is 27.5 Å². The first kappa shape index (κ1) is 21.7. The van der Waals surface area contributed by atoms with E-state index in [-0.39, 0.29) is 18.1 Å². The van der Waals surface area contributed by atoms with Crippen LogP contribution in [0, 0.1) is 0 Å². The number of carbonyl (C=O) groups is 2. The SMILES string of the molecule is O=C1CNCC2=C1C(c1cccc(C(=O)Nc3ccc(OC(F)(F)F)cc3)c1)c1cn[nH]c1N2. The molecule has 0 aliphatic carbocycles. The molecule has 1 atom stereocenters. The van der Waals surface area contributed by atoms with Gasteiger partial charge in [-0.05, 0) is 42.0 Å². The second-order valence-electron chi connectivity index (χ2n) is 7.83. The first-order valence-electron chi connectivity index (χ1n) is 10.3. The molecule has 0 radical (unpaired) electrons. The number of halogens is 3. The topological polar surface area (TPSA) is 108 Å². The number of alkyl halides is 3. The molecule has 0 bridgehead atoms. The zero-order valence-electron chi connectivity index (χ0n) is 17.5. The Kier molecular flexibility index (Phi) is 5.33. The molecule has 0 spiro atoms. The summed E-state index contributed by atoms with van der Waals surface area (Å²) in [7, 11) is 0. The smallest absolute Gasteiger partial charge is 0.406 e. The number of nitrogens with one attached hydrogen (secondary N) is 4. The number of ether oxygens (including phenoxy) is 1. The molecular formula is C23H18F3N5O3. The van der Waals surface area contributed by atoms with E-state index >= 15 is 0 Å². The summed E-state index contributed by atoms with van der Waals surface area (Å²) in [6.07, 6.45) is -3.14. The van der Waals surface area contributed by atoms with E-state index in [1.54, 1.807) is 24.4 Å². The zero-order chi connectivity index (χ0) is 23.9. The van der Waals surface area contributed by atoms with Gasteiger partial charge in [0, 0.05) is 40.5 Å². The number of fused-ring (bicyclic) bond motifs is 1. The second kappa shape index (κ2) is 8.34. The van der Waals surface area contributed by atoms with Gasteiger partial charge in [-0.1, -0.05) is 12.1 Å². The van der Waals surface area contributed by atoms with Gasteiger partial charge in [0.15, 0.2) is 5.78 Å². The number of hydrogen-bond donors (Lipinski definition) is 4. The van der Waals surface area contributed by atoms with Gasteiger partial charge in [0.1, 0.15) is 11.6 Å². The van der Waals surface area contributed by atoms with E-state index in [1.165, 1.54) is 12.1 Å². The lowest BCUT2D eigenvalue weighted by molar-refractivity contribution is -0.274. The highest BCUT2D eigenvalue weighted by Crippen LogP contribution is 2.42. The van der Waals surface area contributed by atoms with Crippen molar-refractivity contribution >= 4 is 23.2 Å². The summed E-state index contributed by atoms with van der Waals surface area (Å²) in [5.41, 5.74) is 3.57. The highest BCUT2D eigenvalue weighted by Gasteiger charge is 2.36. The van der Waals surface area contributed by atoms with Crippen LogP contribution in [-0.2, 0) is 4.79 Å². The molecule has 2 aromatic carbocycles. The van der Waals surface area contributed by atoms with Crippen LogP contribution in [0.4, 0.5) is 24.7 Å². The van der Waals surface area contributed by atoms with Crippen LogP contribution in [0.15, 0.2) is 66.0 Å². The number of H-pyrrole nitrogens is 1. The number of anilines is 2. The van der Waals surface area contributed by atoms with Gasteiger partial charge in [-0.15, -0.1) is 13.2 Å². The molecule has 2 aliphatic heterocycles. The van der Waals surface area contributed by atoms with Crippen molar-refractivity contribution in [3.8, 4) is 5.75 Å². The number of ketones is 1. The summed E-state index contributed by atoms with van der Waals surface area (Å²) >= 11 is 0. The van der Waals surface area contributed by atoms with E-state index in [2.05, 4.69) is 30.9 Å². The van der Waals surface area contributed by atoms with Crippen molar-refractivity contribution in [3.05, 3.63) is 82.7 Å². The molecule has 174 valence electrons. The standard InChI is InChI=1S/C23H18F3N5O3/c24-23(25,26)34-15-6-4-14(5-7-15)29-22(33)13-3-1-2-12(8-13)19-16-9-28-31-21(16)30-17-10-27-11-18(32)20(17)19/h1-9,19,27H,10-11H2,(H,29,33)(H2,28,30,31). The number of nitrogens with zero attached hydrogens (tertiary/aromatic N) is 1. The lowest BCUT2D eigenvalue weighted by atomic mass is 9.79. The molecule has 1 unspecified atom stereocenters. The van der Waals surface area contributed by atoms with Gasteiger partial charge in [-0.3, -0.25) is 14.7 Å². The normalized spacial score (nSPS) is 17.5. The Morgan fingerprint density at radius 1 is 1.12 bits per heavy atom. The number of hydrogen-bond acceptors (Lipinski definition) is 6. The molecule has 34 heavy (non-hydrogen) atoms. The Morgan fingerprint density at radius 3 is 2.68 bits per heavy atom. The highest BCUT2D eigenvalue weighted by atomic mass is 19.4. The summed E-state index contributed by atoms with van der Waals surface area (Å²) in [5, 5.41) is 15.9. The van der Waals surface area contributed by atoms with Crippen molar-refractivity contribution in [1.29, 1.82) is 0 Å². The third kappa shape index (κ3) is 4.25. The summed E-state index contributed by atoms with van der Waals surface area (Å²) in [6, 6.07) is 11.7. The van der Waals surface area contributed by atoms with Crippen molar-refractivity contribution in [1.82, 2.24) is 15.5 Å². The number of amides is 1. The summed E-state index contributed by atoms with van der Waals surface area (Å²) in [5.74, 6) is -0.576. The number of Topliss-reactive ketones (excluding diaryl/α,β-unsaturated/α-hetero) is 1. The minimum atomic E-state index is -4.79. The molecule has 3 heterocycles. The lowest BCUT2D eigenvalue weighted by Crippen LogP contribution is -2.39. The van der Waals surface area contributed by atoms with E-state index in [0.29, 0.717) is 29.2 Å². The fraction of sp³-hybridized carbons (Fsp3) is 0.174. The Hall–Kier alpha value is -4.12. The molecule has 2 aliphatic rings. The maximum Gasteiger partial charge on any atom is 0.573 e. The summed E-state index contributed by atoms with van der Waals surface area (Å²) < 4.78 is 40.8. The number of rotatable bonds is 4. The van der Waals surface area contributed by atoms with Crippen molar-refractivity contribution in [3.63, 3.8) is 0 Å². The molecule has 4 N–H and O–H groups in total. The van der Waals surface area contributed by atoms with Gasteiger partial charge < -0.3 is 20.7 Å². The minimum absolute atomic E-state index is 0.0402. The molecule has 8 nitrogen and oxygen atoms in total. The monoisotopic (exact) mass is 469 g/mol. The molecule has 0 saturated carbocycles. The van der Waals surface area contributed by atoms with E-state index in [9.17, 15) is 22.8 Å². The van der Waals surface area contributed by atoms with Gasteiger partial charge in [0.2, 0.25) is 0 Å². The predicted molar refractivity (Wildman–Crippen MR) is 116 cm³/mol. The average Bonchev–Trinajstić information content (AvgIpc) is 3.26. The first-order chi connectivity index (χ1) is 16.3. The summed E-state index contributed by atoms with van der Waals surface area (Å²) in [6.45, 7) is 0.725. The van der Waals surface area contributed by atoms with Gasteiger partial charge >= 0.3 is 6.36 Å². The minimum Gasteiger partial charge on any atom is -0.406 e. The van der Waals surface area contributed by atoms with Crippen LogP contribution in [0.1, 0.15) is 27.4 Å². The first-order valence-corrected chi connectivity index (χ1v) is 10.3. The molecule has 3 aromatic rings. The lowest BCUT2D eigenvalue weighted by Gasteiger charge is -2.32. The molecular weight excluding hydrogens is 451 g/mol. The second-order valence-corrected chi connectivity index (χ2v) is 7.83. The predicted octanol–water partition coefficient (Wildman–Crippen LogP) is 3.54. The van der Waals surface area contributed by atoms with Crippen LogP contribution in [0.5, 0.6) is 5.75 Å². The number of aromatic nitrogens is 2. The Balaban J connectivity index is 1.41. The number of carbonyl (C=O) groups excluding carboxylic acids is 2. The van der Waals surface area contributed by atoms with Crippen LogP contribution in [-0.4, -0.2) is 41.3 Å². The fourth-order valence-electron chi connectivity index (χ4n) is 4.18. The Labute approximate surface area is 191 Å². The van der Waals surface area contributed by atoms with Crippen LogP contribution in [0.3, 0.4) is 0 Å². The maximum atomic E-state index is 12.9. The van der Waals surface area contributed by atoms with Crippen LogP contribution in [0.25, 0.3) is 0 Å². The summed E-state index contributed by atoms with van der Waals surface area (Å²) in [4.78, 5) is 25.6.